The first kappa shape index (κ1) is 11.8. The SMILES string of the molecule is CC[n+]1ccc(O)c(OCCCO)c1C. The van der Waals surface area contributed by atoms with E-state index < -0.39 is 0 Å². The highest BCUT2D eigenvalue weighted by Crippen LogP contribution is 2.26. The number of aliphatic hydroxyl groups is 1. The van der Waals surface area contributed by atoms with Gasteiger partial charge >= 0.3 is 0 Å². The molecular weight excluding hydrogens is 194 g/mol. The number of hydrogen-bond donors (Lipinski definition) is 2. The second-order valence-corrected chi connectivity index (χ2v) is 3.33. The summed E-state index contributed by atoms with van der Waals surface area (Å²) in [5.41, 5.74) is 0.899. The highest BCUT2D eigenvalue weighted by Gasteiger charge is 2.15. The normalized spacial score (nSPS) is 10.3. The molecule has 15 heavy (non-hydrogen) atoms. The number of hydrogen-bond acceptors (Lipinski definition) is 3. The number of aromatic nitrogens is 1. The van der Waals surface area contributed by atoms with E-state index in [-0.39, 0.29) is 12.4 Å². The van der Waals surface area contributed by atoms with Crippen LogP contribution in [0.1, 0.15) is 19.0 Å². The summed E-state index contributed by atoms with van der Waals surface area (Å²) in [6, 6.07) is 1.62. The molecule has 2 N–H and O–H groups in total. The van der Waals surface area contributed by atoms with Gasteiger partial charge in [-0.3, -0.25) is 0 Å². The minimum atomic E-state index is 0.0976. The zero-order valence-corrected chi connectivity index (χ0v) is 9.23. The standard InChI is InChI=1S/C11H17NO3/c1-3-12-6-5-10(14)11(9(12)2)15-8-4-7-13/h5-6,13H,3-4,7-8H2,1-2H3/p+1. The van der Waals surface area contributed by atoms with Crippen LogP contribution in [0.3, 0.4) is 0 Å². The Bertz CT molecular complexity index is 326. The second kappa shape index (κ2) is 5.56. The van der Waals surface area contributed by atoms with Gasteiger partial charge in [-0.05, 0) is 6.92 Å². The molecule has 1 aromatic heterocycles. The van der Waals surface area contributed by atoms with Gasteiger partial charge in [-0.2, -0.15) is 4.57 Å². The quantitative estimate of drug-likeness (QED) is 0.560. The molecule has 0 aliphatic heterocycles. The molecule has 0 saturated heterocycles. The van der Waals surface area contributed by atoms with E-state index in [1.54, 1.807) is 6.07 Å². The summed E-state index contributed by atoms with van der Waals surface area (Å²) in [5, 5.41) is 18.2. The van der Waals surface area contributed by atoms with Crippen LogP contribution in [0.25, 0.3) is 0 Å². The molecule has 4 heteroatoms. The van der Waals surface area contributed by atoms with E-state index in [0.717, 1.165) is 12.2 Å². The lowest BCUT2D eigenvalue weighted by Gasteiger charge is -2.08. The molecule has 0 spiro atoms. The zero-order valence-electron chi connectivity index (χ0n) is 9.23. The molecule has 0 saturated carbocycles. The molecule has 0 fully saturated rings. The third-order valence-electron chi connectivity index (χ3n) is 2.29. The molecule has 4 nitrogen and oxygen atoms in total. The number of aryl methyl sites for hydroxylation is 1. The van der Waals surface area contributed by atoms with E-state index in [0.29, 0.717) is 18.8 Å². The fraction of sp³-hybridized carbons (Fsp3) is 0.545. The molecule has 0 amide bonds. The number of rotatable bonds is 5. The van der Waals surface area contributed by atoms with Crippen LogP contribution < -0.4 is 9.30 Å². The summed E-state index contributed by atoms with van der Waals surface area (Å²) in [6.45, 7) is 5.28. The van der Waals surface area contributed by atoms with Crippen LogP contribution >= 0.6 is 0 Å². The van der Waals surface area contributed by atoms with Gasteiger partial charge in [0.25, 0.3) is 0 Å². The van der Waals surface area contributed by atoms with E-state index in [1.807, 2.05) is 24.6 Å². The predicted molar refractivity (Wildman–Crippen MR) is 55.9 cm³/mol. The molecule has 0 atom stereocenters. The average molecular weight is 212 g/mol. The van der Waals surface area contributed by atoms with E-state index >= 15 is 0 Å². The van der Waals surface area contributed by atoms with Crippen LogP contribution in [0, 0.1) is 6.92 Å². The van der Waals surface area contributed by atoms with E-state index in [2.05, 4.69) is 0 Å². The largest absolute Gasteiger partial charge is 0.504 e. The molecular formula is C11H18NO3+. The Kier molecular flexibility index (Phi) is 4.37. The monoisotopic (exact) mass is 212 g/mol. The van der Waals surface area contributed by atoms with Crippen molar-refractivity contribution in [3.05, 3.63) is 18.0 Å². The zero-order chi connectivity index (χ0) is 11.3. The first-order valence-electron chi connectivity index (χ1n) is 5.16. The summed E-state index contributed by atoms with van der Waals surface area (Å²) in [4.78, 5) is 0. The summed E-state index contributed by atoms with van der Waals surface area (Å²) in [5.74, 6) is 0.655. The topological polar surface area (TPSA) is 53.6 Å². The van der Waals surface area contributed by atoms with Crippen LogP contribution in [0.15, 0.2) is 12.3 Å². The summed E-state index contributed by atoms with van der Waals surface area (Å²) in [6.07, 6.45) is 2.39. The Labute approximate surface area is 89.8 Å². The van der Waals surface area contributed by atoms with Crippen molar-refractivity contribution < 1.29 is 19.5 Å². The lowest BCUT2D eigenvalue weighted by Crippen LogP contribution is -2.35. The number of aromatic hydroxyl groups is 1. The summed E-state index contributed by atoms with van der Waals surface area (Å²) in [7, 11) is 0. The molecule has 0 aliphatic rings. The van der Waals surface area contributed by atoms with Gasteiger partial charge in [-0.1, -0.05) is 0 Å². The smallest absolute Gasteiger partial charge is 0.228 e. The molecule has 0 radical (unpaired) electrons. The fourth-order valence-electron chi connectivity index (χ4n) is 1.42. The summed E-state index contributed by atoms with van der Waals surface area (Å²) >= 11 is 0. The maximum absolute atomic E-state index is 9.61. The maximum atomic E-state index is 9.61. The molecule has 0 aromatic carbocycles. The Hall–Kier alpha value is -1.29. The van der Waals surface area contributed by atoms with Crippen LogP contribution in [0.4, 0.5) is 0 Å². The van der Waals surface area contributed by atoms with Crippen LogP contribution in [0.5, 0.6) is 11.5 Å². The molecule has 1 rings (SSSR count). The Morgan fingerprint density at radius 3 is 2.80 bits per heavy atom. The van der Waals surface area contributed by atoms with E-state index in [1.165, 1.54) is 0 Å². The lowest BCUT2D eigenvalue weighted by atomic mass is 10.3. The second-order valence-electron chi connectivity index (χ2n) is 3.33. The van der Waals surface area contributed by atoms with Gasteiger partial charge < -0.3 is 14.9 Å². The number of pyridine rings is 1. The first-order chi connectivity index (χ1) is 7.20. The van der Waals surface area contributed by atoms with Gasteiger partial charge in [-0.25, -0.2) is 0 Å². The van der Waals surface area contributed by atoms with Gasteiger partial charge in [0.15, 0.2) is 11.9 Å². The Morgan fingerprint density at radius 2 is 2.20 bits per heavy atom. The highest BCUT2D eigenvalue weighted by molar-refractivity contribution is 5.38. The average Bonchev–Trinajstić information content (AvgIpc) is 2.23. The van der Waals surface area contributed by atoms with Crippen molar-refractivity contribution in [2.24, 2.45) is 0 Å². The van der Waals surface area contributed by atoms with Crippen LogP contribution in [0.2, 0.25) is 0 Å². The third kappa shape index (κ3) is 2.83. The van der Waals surface area contributed by atoms with Crippen molar-refractivity contribution in [2.75, 3.05) is 13.2 Å². The molecule has 1 heterocycles. The minimum absolute atomic E-state index is 0.0976. The van der Waals surface area contributed by atoms with E-state index in [4.69, 9.17) is 9.84 Å². The number of aliphatic hydroxyl groups excluding tert-OH is 1. The Morgan fingerprint density at radius 1 is 1.47 bits per heavy atom. The van der Waals surface area contributed by atoms with Gasteiger partial charge in [-0.15, -0.1) is 0 Å². The number of nitrogens with zero attached hydrogens (tertiary/aromatic N) is 1. The molecule has 0 bridgehead atoms. The predicted octanol–water partition coefficient (Wildman–Crippen LogP) is 0.769. The van der Waals surface area contributed by atoms with Gasteiger partial charge in [0, 0.05) is 26.0 Å². The van der Waals surface area contributed by atoms with Crippen molar-refractivity contribution in [3.8, 4) is 11.5 Å². The molecule has 1 aromatic rings. The molecule has 0 aliphatic carbocycles. The fourth-order valence-corrected chi connectivity index (χ4v) is 1.42. The van der Waals surface area contributed by atoms with Gasteiger partial charge in [0.1, 0.15) is 6.54 Å². The van der Waals surface area contributed by atoms with Crippen molar-refractivity contribution in [3.63, 3.8) is 0 Å². The van der Waals surface area contributed by atoms with Crippen LogP contribution in [-0.4, -0.2) is 23.4 Å². The van der Waals surface area contributed by atoms with E-state index in [9.17, 15) is 5.11 Å². The highest BCUT2D eigenvalue weighted by atomic mass is 16.5. The molecule has 0 unspecified atom stereocenters. The minimum Gasteiger partial charge on any atom is -0.504 e. The third-order valence-corrected chi connectivity index (χ3v) is 2.29. The molecule has 84 valence electrons. The number of ether oxygens (including phenoxy) is 1. The first-order valence-corrected chi connectivity index (χ1v) is 5.16. The van der Waals surface area contributed by atoms with Gasteiger partial charge in [0.2, 0.25) is 11.4 Å². The summed E-state index contributed by atoms with van der Waals surface area (Å²) < 4.78 is 7.41. The lowest BCUT2D eigenvalue weighted by molar-refractivity contribution is -0.699. The Balaban J connectivity index is 2.84. The van der Waals surface area contributed by atoms with Crippen molar-refractivity contribution in [1.82, 2.24) is 0 Å². The maximum Gasteiger partial charge on any atom is 0.228 e. The van der Waals surface area contributed by atoms with Crippen molar-refractivity contribution in [2.45, 2.75) is 26.8 Å². The van der Waals surface area contributed by atoms with Gasteiger partial charge in [0.05, 0.1) is 6.61 Å². The van der Waals surface area contributed by atoms with Crippen LogP contribution in [-0.2, 0) is 6.54 Å². The van der Waals surface area contributed by atoms with Crippen molar-refractivity contribution >= 4 is 0 Å². The van der Waals surface area contributed by atoms with Crippen molar-refractivity contribution in [1.29, 1.82) is 0 Å².